The van der Waals surface area contributed by atoms with Crippen LogP contribution >= 0.6 is 0 Å². The lowest BCUT2D eigenvalue weighted by Gasteiger charge is -2.18. The third kappa shape index (κ3) is 7.56. The monoisotopic (exact) mass is 428 g/mol. The van der Waals surface area contributed by atoms with Crippen LogP contribution in [0.25, 0.3) is 0 Å². The molecule has 0 saturated carbocycles. The molecule has 0 fully saturated rings. The van der Waals surface area contributed by atoms with Crippen LogP contribution in [-0.4, -0.2) is 46.1 Å². The first-order valence-electron chi connectivity index (χ1n) is 9.57. The van der Waals surface area contributed by atoms with Gasteiger partial charge in [-0.15, -0.1) is 0 Å². The van der Waals surface area contributed by atoms with E-state index in [0.29, 0.717) is 5.56 Å². The fourth-order valence-electron chi connectivity index (χ4n) is 2.88. The maximum absolute atomic E-state index is 12.6. The molecule has 0 aliphatic carbocycles. The van der Waals surface area contributed by atoms with Crippen LogP contribution in [0.3, 0.4) is 0 Å². The Bertz CT molecular complexity index is 930. The third-order valence-corrected chi connectivity index (χ3v) is 4.52. The van der Waals surface area contributed by atoms with Gasteiger partial charge in [0.15, 0.2) is 5.78 Å². The number of hydrogen-bond donors (Lipinski definition) is 4. The summed E-state index contributed by atoms with van der Waals surface area (Å²) in [6, 6.07) is 12.8. The number of ketones is 1. The number of alkyl carbamates (subject to hydrolysis) is 1. The summed E-state index contributed by atoms with van der Waals surface area (Å²) in [4.78, 5) is 47.1. The van der Waals surface area contributed by atoms with Gasteiger partial charge in [-0.3, -0.25) is 9.59 Å². The number of carbonyl (C=O) groups excluding carboxylic acids is 2. The van der Waals surface area contributed by atoms with Crippen LogP contribution in [0.1, 0.15) is 34.3 Å². The molecule has 0 aliphatic rings. The lowest BCUT2D eigenvalue weighted by atomic mass is 9.93. The molecule has 0 aliphatic heterocycles. The van der Waals surface area contributed by atoms with Crippen LogP contribution < -0.4 is 11.1 Å². The molecule has 9 nitrogen and oxygen atoms in total. The number of nitrogens with two attached hydrogens (primary N) is 1. The van der Waals surface area contributed by atoms with E-state index in [1.807, 2.05) is 6.07 Å². The Morgan fingerprint density at radius 2 is 1.61 bits per heavy atom. The van der Waals surface area contributed by atoms with Gasteiger partial charge in [0, 0.05) is 18.4 Å². The molecule has 2 aromatic rings. The highest BCUT2D eigenvalue weighted by atomic mass is 16.5. The number of hydrogen-bond acceptors (Lipinski definition) is 6. The summed E-state index contributed by atoms with van der Waals surface area (Å²) in [6.45, 7) is -0.0213. The molecule has 9 heteroatoms. The lowest BCUT2D eigenvalue weighted by Crippen LogP contribution is -2.43. The van der Waals surface area contributed by atoms with Crippen LogP contribution in [-0.2, 0) is 27.4 Å². The number of benzene rings is 2. The second-order valence-corrected chi connectivity index (χ2v) is 6.86. The van der Waals surface area contributed by atoms with E-state index >= 15 is 0 Å². The minimum atomic E-state index is -1.34. The number of nitrogens with one attached hydrogen (secondary N) is 1. The molecule has 0 bridgehead atoms. The summed E-state index contributed by atoms with van der Waals surface area (Å²) < 4.78 is 5.06. The van der Waals surface area contributed by atoms with Gasteiger partial charge in [-0.2, -0.15) is 0 Å². The van der Waals surface area contributed by atoms with Crippen molar-refractivity contribution in [3.05, 3.63) is 71.3 Å². The first kappa shape index (κ1) is 23.6. The fourth-order valence-corrected chi connectivity index (χ4v) is 2.88. The number of Topliss-reactive ketones (excluding diaryl/α,β-unsaturated/α-hetero) is 1. The topological polar surface area (TPSA) is 156 Å². The van der Waals surface area contributed by atoms with Crippen molar-refractivity contribution in [2.75, 3.05) is 0 Å². The smallest absolute Gasteiger partial charge is 0.408 e. The average Bonchev–Trinajstić information content (AvgIpc) is 2.76. The maximum atomic E-state index is 12.6. The average molecular weight is 428 g/mol. The van der Waals surface area contributed by atoms with Crippen molar-refractivity contribution in [3.63, 3.8) is 0 Å². The Morgan fingerprint density at radius 3 is 2.26 bits per heavy atom. The predicted molar refractivity (Wildman–Crippen MR) is 111 cm³/mol. The molecule has 5 N–H and O–H groups in total. The summed E-state index contributed by atoms with van der Waals surface area (Å²) >= 11 is 0. The molecule has 0 spiro atoms. The van der Waals surface area contributed by atoms with Crippen LogP contribution in [0.2, 0.25) is 0 Å². The first-order valence-corrected chi connectivity index (χ1v) is 9.57. The molecule has 0 aromatic heterocycles. The number of carboxylic acids is 2. The zero-order valence-electron chi connectivity index (χ0n) is 16.7. The fraction of sp³-hybridized carbons (Fsp3) is 0.273. The van der Waals surface area contributed by atoms with E-state index in [9.17, 15) is 24.3 Å². The third-order valence-electron chi connectivity index (χ3n) is 4.52. The van der Waals surface area contributed by atoms with Crippen molar-refractivity contribution in [2.24, 2.45) is 5.73 Å². The highest BCUT2D eigenvalue weighted by molar-refractivity contribution is 6.01. The highest BCUT2D eigenvalue weighted by Gasteiger charge is 2.25. The van der Waals surface area contributed by atoms with Crippen molar-refractivity contribution in [1.82, 2.24) is 5.32 Å². The second-order valence-electron chi connectivity index (χ2n) is 6.86. The lowest BCUT2D eigenvalue weighted by molar-refractivity contribution is -0.139. The summed E-state index contributed by atoms with van der Waals surface area (Å²) in [5.74, 6) is -2.86. The van der Waals surface area contributed by atoms with Gasteiger partial charge in [-0.05, 0) is 17.5 Å². The number of ether oxygens (including phenoxy) is 1. The van der Waals surface area contributed by atoms with E-state index in [0.717, 1.165) is 5.56 Å². The minimum absolute atomic E-state index is 0.0213. The Morgan fingerprint density at radius 1 is 0.968 bits per heavy atom. The molecule has 2 aromatic carbocycles. The van der Waals surface area contributed by atoms with Crippen LogP contribution in [0.4, 0.5) is 4.79 Å². The molecule has 0 heterocycles. The predicted octanol–water partition coefficient (Wildman–Crippen LogP) is 1.98. The largest absolute Gasteiger partial charge is 0.481 e. The number of aliphatic carboxylic acids is 2. The molecule has 164 valence electrons. The molecule has 1 amide bonds. The van der Waals surface area contributed by atoms with E-state index in [2.05, 4.69) is 5.32 Å². The number of rotatable bonds is 11. The number of amides is 1. The molecule has 31 heavy (non-hydrogen) atoms. The Hall–Kier alpha value is -3.72. The first-order chi connectivity index (χ1) is 14.8. The Labute approximate surface area is 178 Å². The van der Waals surface area contributed by atoms with Gasteiger partial charge in [0.25, 0.3) is 0 Å². The molecule has 0 radical (unpaired) electrons. The van der Waals surface area contributed by atoms with E-state index < -0.39 is 35.9 Å². The standard InChI is InChI=1S/C22H24N2O7/c23-17(10-11-19(25)26)20(27)16-9-5-4-8-15(16)12-18(21(28)29)24-22(30)31-13-14-6-2-1-3-7-14/h1-9,17-18H,10-13,23H2,(H,24,30)(H,25,26)(H,28,29)/t17-,18-/m0/s1. The normalized spacial score (nSPS) is 12.4. The van der Waals surface area contributed by atoms with Crippen molar-refractivity contribution < 1.29 is 34.1 Å². The minimum Gasteiger partial charge on any atom is -0.481 e. The van der Waals surface area contributed by atoms with Gasteiger partial charge in [-0.1, -0.05) is 54.6 Å². The number of carboxylic acid groups (broad SMARTS) is 2. The molecular weight excluding hydrogens is 404 g/mol. The zero-order valence-corrected chi connectivity index (χ0v) is 16.7. The van der Waals surface area contributed by atoms with Gasteiger partial charge in [0.2, 0.25) is 0 Å². The Balaban J connectivity index is 2.05. The van der Waals surface area contributed by atoms with Gasteiger partial charge in [0.05, 0.1) is 6.04 Å². The molecule has 0 saturated heterocycles. The summed E-state index contributed by atoms with van der Waals surface area (Å²) in [7, 11) is 0. The van der Waals surface area contributed by atoms with Crippen molar-refractivity contribution in [3.8, 4) is 0 Å². The summed E-state index contributed by atoms with van der Waals surface area (Å²) in [5, 5.41) is 20.6. The Kier molecular flexibility index (Phi) is 8.71. The number of carbonyl (C=O) groups is 4. The second kappa shape index (κ2) is 11.5. The van der Waals surface area contributed by atoms with Crippen LogP contribution in [0.15, 0.2) is 54.6 Å². The van der Waals surface area contributed by atoms with Crippen molar-refractivity contribution >= 4 is 23.8 Å². The van der Waals surface area contributed by atoms with Gasteiger partial charge in [0.1, 0.15) is 12.6 Å². The van der Waals surface area contributed by atoms with Crippen LogP contribution in [0.5, 0.6) is 0 Å². The van der Waals surface area contributed by atoms with Gasteiger partial charge >= 0.3 is 18.0 Å². The molecule has 0 unspecified atom stereocenters. The van der Waals surface area contributed by atoms with Gasteiger partial charge in [-0.25, -0.2) is 9.59 Å². The quantitative estimate of drug-likeness (QED) is 0.396. The van der Waals surface area contributed by atoms with Crippen molar-refractivity contribution in [2.45, 2.75) is 38.0 Å². The summed E-state index contributed by atoms with van der Waals surface area (Å²) in [5.41, 5.74) is 7.12. The molecular formula is C22H24N2O7. The molecule has 2 atom stereocenters. The van der Waals surface area contributed by atoms with Gasteiger partial charge < -0.3 is 26.0 Å². The SMILES string of the molecule is N[C@@H](CCC(=O)O)C(=O)c1ccccc1C[C@H](NC(=O)OCc1ccccc1)C(=O)O. The van der Waals surface area contributed by atoms with E-state index in [1.165, 1.54) is 6.07 Å². The van der Waals surface area contributed by atoms with E-state index in [-0.39, 0.29) is 31.4 Å². The summed E-state index contributed by atoms with van der Waals surface area (Å²) in [6.07, 6.45) is -1.39. The molecule has 2 rings (SSSR count). The highest BCUT2D eigenvalue weighted by Crippen LogP contribution is 2.15. The van der Waals surface area contributed by atoms with E-state index in [1.54, 1.807) is 42.5 Å². The zero-order chi connectivity index (χ0) is 22.8. The van der Waals surface area contributed by atoms with E-state index in [4.69, 9.17) is 15.6 Å². The van der Waals surface area contributed by atoms with Crippen molar-refractivity contribution in [1.29, 1.82) is 0 Å². The maximum Gasteiger partial charge on any atom is 0.408 e. The van der Waals surface area contributed by atoms with Crippen LogP contribution in [0, 0.1) is 0 Å².